The van der Waals surface area contributed by atoms with Gasteiger partial charge < -0.3 is 19.9 Å². The molecule has 1 aliphatic carbocycles. The molecule has 1 saturated carbocycles. The number of methoxy groups -OCH3 is 1. The molecule has 1 aliphatic rings. The Kier molecular flexibility index (Phi) is 7.73. The van der Waals surface area contributed by atoms with Crippen molar-refractivity contribution < 1.29 is 14.3 Å². The first-order chi connectivity index (χ1) is 14.5. The van der Waals surface area contributed by atoms with Gasteiger partial charge in [0.2, 0.25) is 11.8 Å². The molecule has 0 bridgehead atoms. The van der Waals surface area contributed by atoms with Crippen LogP contribution in [0.4, 0.5) is 5.69 Å². The molecule has 1 aromatic carbocycles. The zero-order valence-corrected chi connectivity index (χ0v) is 18.5. The first-order valence-corrected chi connectivity index (χ1v) is 11.2. The normalized spacial score (nSPS) is 18.6. The Labute approximate surface area is 181 Å². The molecule has 2 atom stereocenters. The summed E-state index contributed by atoms with van der Waals surface area (Å²) in [5.74, 6) is 1.91. The lowest BCUT2D eigenvalue weighted by molar-refractivity contribution is -0.120. The fourth-order valence-electron chi connectivity index (χ4n) is 3.56. The van der Waals surface area contributed by atoms with Gasteiger partial charge in [-0.15, -0.1) is 10.2 Å². The monoisotopic (exact) mass is 431 g/mol. The van der Waals surface area contributed by atoms with Gasteiger partial charge in [0.05, 0.1) is 19.3 Å². The maximum Gasteiger partial charge on any atom is 0.232 e. The minimum atomic E-state index is -0.184. The molecule has 9 heteroatoms. The number of carbonyl (C=O) groups excluding carboxylic acids is 2. The van der Waals surface area contributed by atoms with E-state index >= 15 is 0 Å². The van der Waals surface area contributed by atoms with Gasteiger partial charge in [0.1, 0.15) is 11.6 Å². The van der Waals surface area contributed by atoms with Crippen molar-refractivity contribution in [2.24, 2.45) is 13.0 Å². The summed E-state index contributed by atoms with van der Waals surface area (Å²) in [7, 11) is 3.40. The van der Waals surface area contributed by atoms with Crippen LogP contribution in [-0.4, -0.2) is 45.5 Å². The van der Waals surface area contributed by atoms with Crippen LogP contribution < -0.4 is 15.4 Å². The van der Waals surface area contributed by atoms with E-state index < -0.39 is 0 Å². The minimum Gasteiger partial charge on any atom is -0.497 e. The SMILES string of the molecule is COc1ccc(NC(=O)Cc2nnc(SCC(=O)NC3CCCCC3C)n2C)cc1. The number of benzene rings is 1. The summed E-state index contributed by atoms with van der Waals surface area (Å²) in [5, 5.41) is 14.8. The largest absolute Gasteiger partial charge is 0.497 e. The minimum absolute atomic E-state index is 0.0144. The van der Waals surface area contributed by atoms with Crippen molar-refractivity contribution >= 4 is 29.3 Å². The van der Waals surface area contributed by atoms with Gasteiger partial charge in [0.15, 0.2) is 5.16 Å². The Morgan fingerprint density at radius 3 is 2.60 bits per heavy atom. The van der Waals surface area contributed by atoms with Crippen molar-refractivity contribution in [2.45, 2.75) is 50.2 Å². The summed E-state index contributed by atoms with van der Waals surface area (Å²) in [6.07, 6.45) is 4.74. The van der Waals surface area contributed by atoms with Gasteiger partial charge >= 0.3 is 0 Å². The fourth-order valence-corrected chi connectivity index (χ4v) is 4.30. The molecule has 0 aliphatic heterocycles. The second-order valence-electron chi connectivity index (χ2n) is 7.64. The summed E-state index contributed by atoms with van der Waals surface area (Å²) >= 11 is 1.33. The van der Waals surface area contributed by atoms with Crippen LogP contribution in [-0.2, 0) is 23.1 Å². The smallest absolute Gasteiger partial charge is 0.232 e. The highest BCUT2D eigenvalue weighted by Crippen LogP contribution is 2.24. The van der Waals surface area contributed by atoms with Crippen molar-refractivity contribution in [3.05, 3.63) is 30.1 Å². The molecule has 2 N–H and O–H groups in total. The van der Waals surface area contributed by atoms with Crippen LogP contribution in [0.25, 0.3) is 0 Å². The van der Waals surface area contributed by atoms with E-state index in [1.54, 1.807) is 43.0 Å². The van der Waals surface area contributed by atoms with Gasteiger partial charge in [-0.2, -0.15) is 0 Å². The summed E-state index contributed by atoms with van der Waals surface area (Å²) in [5.41, 5.74) is 0.686. The van der Waals surface area contributed by atoms with Crippen LogP contribution in [0.15, 0.2) is 29.4 Å². The number of carbonyl (C=O) groups is 2. The molecule has 8 nitrogen and oxygen atoms in total. The number of ether oxygens (including phenoxy) is 1. The average molecular weight is 432 g/mol. The zero-order valence-electron chi connectivity index (χ0n) is 17.7. The Morgan fingerprint density at radius 1 is 1.17 bits per heavy atom. The molecule has 1 aromatic heterocycles. The number of rotatable bonds is 8. The predicted octanol–water partition coefficient (Wildman–Crippen LogP) is 2.79. The molecule has 2 amide bonds. The molecular formula is C21H29N5O3S. The first-order valence-electron chi connectivity index (χ1n) is 10.2. The van der Waals surface area contributed by atoms with Crippen molar-refractivity contribution in [2.75, 3.05) is 18.2 Å². The van der Waals surface area contributed by atoms with E-state index in [0.717, 1.165) is 12.2 Å². The molecule has 0 saturated heterocycles. The number of aromatic nitrogens is 3. The number of hydrogen-bond acceptors (Lipinski definition) is 6. The average Bonchev–Trinajstić information content (AvgIpc) is 3.08. The van der Waals surface area contributed by atoms with Gasteiger partial charge in [-0.3, -0.25) is 9.59 Å². The van der Waals surface area contributed by atoms with Crippen molar-refractivity contribution in [1.29, 1.82) is 0 Å². The molecule has 2 unspecified atom stereocenters. The van der Waals surface area contributed by atoms with Crippen LogP contribution in [0, 0.1) is 5.92 Å². The highest BCUT2D eigenvalue weighted by atomic mass is 32.2. The molecule has 0 radical (unpaired) electrons. The molecule has 1 heterocycles. The Morgan fingerprint density at radius 2 is 1.90 bits per heavy atom. The quantitative estimate of drug-likeness (QED) is 0.624. The van der Waals surface area contributed by atoms with Crippen molar-refractivity contribution in [3.8, 4) is 5.75 Å². The Bertz CT molecular complexity index is 868. The Balaban J connectivity index is 1.48. The molecule has 2 aromatic rings. The molecule has 162 valence electrons. The van der Waals surface area contributed by atoms with Crippen LogP contribution in [0.5, 0.6) is 5.75 Å². The number of nitrogens with zero attached hydrogens (tertiary/aromatic N) is 3. The van der Waals surface area contributed by atoms with E-state index in [1.807, 2.05) is 0 Å². The van der Waals surface area contributed by atoms with Crippen molar-refractivity contribution in [1.82, 2.24) is 20.1 Å². The van der Waals surface area contributed by atoms with Gasteiger partial charge in [-0.05, 0) is 43.0 Å². The van der Waals surface area contributed by atoms with Gasteiger partial charge in [0.25, 0.3) is 0 Å². The lowest BCUT2D eigenvalue weighted by Gasteiger charge is -2.29. The number of amides is 2. The zero-order chi connectivity index (χ0) is 21.5. The molecule has 1 fully saturated rings. The second-order valence-corrected chi connectivity index (χ2v) is 8.58. The second kappa shape index (κ2) is 10.5. The predicted molar refractivity (Wildman–Crippen MR) is 117 cm³/mol. The highest BCUT2D eigenvalue weighted by Gasteiger charge is 2.23. The number of anilines is 1. The van der Waals surface area contributed by atoms with E-state index in [1.165, 1.54) is 31.0 Å². The molecule has 30 heavy (non-hydrogen) atoms. The van der Waals surface area contributed by atoms with Crippen LogP contribution in [0.3, 0.4) is 0 Å². The third-order valence-corrected chi connectivity index (χ3v) is 6.43. The molecule has 0 spiro atoms. The third-order valence-electron chi connectivity index (χ3n) is 5.41. The molecule has 3 rings (SSSR count). The van der Waals surface area contributed by atoms with E-state index in [2.05, 4.69) is 27.8 Å². The lowest BCUT2D eigenvalue weighted by atomic mass is 9.86. The third kappa shape index (κ3) is 5.98. The maximum atomic E-state index is 12.3. The van der Waals surface area contributed by atoms with E-state index in [4.69, 9.17) is 4.74 Å². The fraction of sp³-hybridized carbons (Fsp3) is 0.524. The number of nitrogens with one attached hydrogen (secondary N) is 2. The number of hydrogen-bond donors (Lipinski definition) is 2. The van der Waals surface area contributed by atoms with Crippen molar-refractivity contribution in [3.63, 3.8) is 0 Å². The highest BCUT2D eigenvalue weighted by molar-refractivity contribution is 7.99. The number of thioether (sulfide) groups is 1. The van der Waals surface area contributed by atoms with Crippen LogP contribution in [0.1, 0.15) is 38.4 Å². The maximum absolute atomic E-state index is 12.3. The van der Waals surface area contributed by atoms with Gasteiger partial charge in [-0.25, -0.2) is 0 Å². The summed E-state index contributed by atoms with van der Waals surface area (Å²) < 4.78 is 6.87. The van der Waals surface area contributed by atoms with Crippen LogP contribution >= 0.6 is 11.8 Å². The Hall–Kier alpha value is -2.55. The van der Waals surface area contributed by atoms with Gasteiger partial charge in [0, 0.05) is 18.8 Å². The standard InChI is InChI=1S/C21H29N5O3S/c1-14-6-4-5-7-17(14)23-20(28)13-30-21-25-24-18(26(21)2)12-19(27)22-15-8-10-16(29-3)11-9-15/h8-11,14,17H,4-7,12-13H2,1-3H3,(H,22,27)(H,23,28). The first kappa shape index (κ1) is 22.1. The van der Waals surface area contributed by atoms with E-state index in [9.17, 15) is 9.59 Å². The summed E-state index contributed by atoms with van der Waals surface area (Å²) in [4.78, 5) is 24.6. The van der Waals surface area contributed by atoms with Crippen LogP contribution in [0.2, 0.25) is 0 Å². The molecular weight excluding hydrogens is 402 g/mol. The topological polar surface area (TPSA) is 98.1 Å². The summed E-state index contributed by atoms with van der Waals surface area (Å²) in [6.45, 7) is 2.20. The summed E-state index contributed by atoms with van der Waals surface area (Å²) in [6, 6.07) is 7.39. The van der Waals surface area contributed by atoms with E-state index in [-0.39, 0.29) is 30.0 Å². The lowest BCUT2D eigenvalue weighted by Crippen LogP contribution is -2.41. The van der Waals surface area contributed by atoms with E-state index in [0.29, 0.717) is 22.6 Å². The van der Waals surface area contributed by atoms with Gasteiger partial charge in [-0.1, -0.05) is 31.5 Å².